The first-order valence-corrected chi connectivity index (χ1v) is 7.94. The van der Waals surface area contributed by atoms with Crippen LogP contribution >= 0.6 is 0 Å². The average Bonchev–Trinajstić information content (AvgIpc) is 2.77. The lowest BCUT2D eigenvalue weighted by molar-refractivity contribution is 0.554. The van der Waals surface area contributed by atoms with E-state index in [4.69, 9.17) is 0 Å². The predicted molar refractivity (Wildman–Crippen MR) is 78.3 cm³/mol. The Morgan fingerprint density at radius 2 is 1.30 bits per heavy atom. The van der Waals surface area contributed by atoms with Gasteiger partial charge in [0.15, 0.2) is 0 Å². The van der Waals surface area contributed by atoms with E-state index in [9.17, 15) is 8.42 Å². The molecular formula is C15H16N2O2S. The normalized spacial score (nSPS) is 24.6. The van der Waals surface area contributed by atoms with Crippen molar-refractivity contribution in [3.8, 4) is 0 Å². The highest BCUT2D eigenvalue weighted by Gasteiger charge is 2.37. The summed E-state index contributed by atoms with van der Waals surface area (Å²) in [5, 5.41) is 0. The summed E-state index contributed by atoms with van der Waals surface area (Å²) in [4.78, 5) is 0. The van der Waals surface area contributed by atoms with E-state index in [1.54, 1.807) is 0 Å². The minimum atomic E-state index is -3.45. The third kappa shape index (κ3) is 2.60. The molecule has 5 heteroatoms. The summed E-state index contributed by atoms with van der Waals surface area (Å²) in [5.74, 6) is 0. The number of hydrogen-bond donors (Lipinski definition) is 2. The van der Waals surface area contributed by atoms with Gasteiger partial charge in [-0.2, -0.15) is 17.9 Å². The second-order valence-electron chi connectivity index (χ2n) is 5.02. The Balaban J connectivity index is 2.01. The molecule has 0 bridgehead atoms. The maximum atomic E-state index is 11.8. The lowest BCUT2D eigenvalue weighted by Crippen LogP contribution is -2.24. The Bertz CT molecular complexity index is 696. The van der Waals surface area contributed by atoms with Crippen LogP contribution in [-0.2, 0) is 10.2 Å². The van der Waals surface area contributed by atoms with Crippen molar-refractivity contribution in [3.63, 3.8) is 0 Å². The lowest BCUT2D eigenvalue weighted by Gasteiger charge is -2.18. The molecule has 1 saturated heterocycles. The number of rotatable bonds is 2. The second kappa shape index (κ2) is 5.01. The number of benzene rings is 2. The van der Waals surface area contributed by atoms with Gasteiger partial charge in [0.2, 0.25) is 0 Å². The van der Waals surface area contributed by atoms with Crippen LogP contribution < -0.4 is 9.44 Å². The third-order valence-corrected chi connectivity index (χ3v) is 4.62. The first-order valence-electron chi connectivity index (χ1n) is 6.46. The quantitative estimate of drug-likeness (QED) is 0.890. The van der Waals surface area contributed by atoms with Crippen LogP contribution in [0.15, 0.2) is 54.6 Å². The van der Waals surface area contributed by atoms with Crippen LogP contribution in [0.1, 0.15) is 28.8 Å². The smallest absolute Gasteiger partial charge is 0.195 e. The van der Waals surface area contributed by atoms with Crippen LogP contribution in [0, 0.1) is 6.92 Å². The van der Waals surface area contributed by atoms with Crippen LogP contribution in [0.25, 0.3) is 0 Å². The van der Waals surface area contributed by atoms with Crippen LogP contribution in [0.5, 0.6) is 0 Å². The summed E-state index contributed by atoms with van der Waals surface area (Å²) in [7, 11) is -3.45. The summed E-state index contributed by atoms with van der Waals surface area (Å²) >= 11 is 0. The second-order valence-corrected chi connectivity index (χ2v) is 6.49. The van der Waals surface area contributed by atoms with Crippen molar-refractivity contribution in [1.29, 1.82) is 0 Å². The van der Waals surface area contributed by atoms with Crippen molar-refractivity contribution in [2.75, 3.05) is 0 Å². The molecule has 0 saturated carbocycles. The topological polar surface area (TPSA) is 58.2 Å². The maximum Gasteiger partial charge on any atom is 0.278 e. The van der Waals surface area contributed by atoms with E-state index < -0.39 is 10.2 Å². The van der Waals surface area contributed by atoms with Gasteiger partial charge in [-0.05, 0) is 18.1 Å². The molecular weight excluding hydrogens is 272 g/mol. The SMILES string of the molecule is Cc1ccc(C2NS(=O)(=O)NC2c2ccccc2)cc1. The molecule has 2 unspecified atom stereocenters. The van der Waals surface area contributed by atoms with Gasteiger partial charge in [-0.15, -0.1) is 0 Å². The van der Waals surface area contributed by atoms with Crippen LogP contribution in [0.2, 0.25) is 0 Å². The van der Waals surface area contributed by atoms with Gasteiger partial charge in [-0.3, -0.25) is 0 Å². The van der Waals surface area contributed by atoms with Gasteiger partial charge in [0.25, 0.3) is 10.2 Å². The standard InChI is InChI=1S/C15H16N2O2S/c1-11-7-9-13(10-8-11)15-14(16-20(18,19)17-15)12-5-3-2-4-6-12/h2-10,14-17H,1H3. The summed E-state index contributed by atoms with van der Waals surface area (Å²) in [6.07, 6.45) is 0. The maximum absolute atomic E-state index is 11.8. The molecule has 2 atom stereocenters. The molecule has 20 heavy (non-hydrogen) atoms. The van der Waals surface area contributed by atoms with Crippen molar-refractivity contribution in [2.45, 2.75) is 19.0 Å². The molecule has 0 radical (unpaired) electrons. The Morgan fingerprint density at radius 1 is 0.800 bits per heavy atom. The first-order chi connectivity index (χ1) is 9.55. The van der Waals surface area contributed by atoms with E-state index in [-0.39, 0.29) is 12.1 Å². The number of nitrogens with one attached hydrogen (secondary N) is 2. The van der Waals surface area contributed by atoms with Crippen molar-refractivity contribution in [1.82, 2.24) is 9.44 Å². The number of aryl methyl sites for hydroxylation is 1. The summed E-state index contributed by atoms with van der Waals surface area (Å²) in [6, 6.07) is 16.9. The van der Waals surface area contributed by atoms with E-state index >= 15 is 0 Å². The van der Waals surface area contributed by atoms with E-state index in [0.29, 0.717) is 0 Å². The molecule has 0 aromatic heterocycles. The minimum Gasteiger partial charge on any atom is -0.195 e. The van der Waals surface area contributed by atoms with Crippen molar-refractivity contribution in [2.24, 2.45) is 0 Å². The highest BCUT2D eigenvalue weighted by Crippen LogP contribution is 2.34. The minimum absolute atomic E-state index is 0.288. The van der Waals surface area contributed by atoms with Crippen molar-refractivity contribution in [3.05, 3.63) is 71.3 Å². The zero-order valence-corrected chi connectivity index (χ0v) is 11.9. The van der Waals surface area contributed by atoms with E-state index in [1.807, 2.05) is 61.5 Å². The Morgan fingerprint density at radius 3 is 1.85 bits per heavy atom. The van der Waals surface area contributed by atoms with Gasteiger partial charge >= 0.3 is 0 Å². The molecule has 1 heterocycles. The average molecular weight is 288 g/mol. The van der Waals surface area contributed by atoms with Gasteiger partial charge in [-0.25, -0.2) is 0 Å². The summed E-state index contributed by atoms with van der Waals surface area (Å²) in [5.41, 5.74) is 3.06. The van der Waals surface area contributed by atoms with E-state index in [1.165, 1.54) is 0 Å². The van der Waals surface area contributed by atoms with Crippen LogP contribution in [0.3, 0.4) is 0 Å². The lowest BCUT2D eigenvalue weighted by atomic mass is 9.94. The fraction of sp³-hybridized carbons (Fsp3) is 0.200. The van der Waals surface area contributed by atoms with E-state index in [0.717, 1.165) is 16.7 Å². The molecule has 1 aliphatic heterocycles. The summed E-state index contributed by atoms with van der Waals surface area (Å²) < 4.78 is 29.0. The largest absolute Gasteiger partial charge is 0.278 e. The van der Waals surface area contributed by atoms with Crippen LogP contribution in [-0.4, -0.2) is 8.42 Å². The predicted octanol–water partition coefficient (Wildman–Crippen LogP) is 2.22. The molecule has 3 rings (SSSR count). The first kappa shape index (κ1) is 13.3. The highest BCUT2D eigenvalue weighted by atomic mass is 32.2. The van der Waals surface area contributed by atoms with Gasteiger partial charge in [0.05, 0.1) is 12.1 Å². The third-order valence-electron chi connectivity index (χ3n) is 3.49. The van der Waals surface area contributed by atoms with Gasteiger partial charge in [-0.1, -0.05) is 60.2 Å². The zero-order valence-electron chi connectivity index (χ0n) is 11.1. The molecule has 2 aromatic rings. The molecule has 4 nitrogen and oxygen atoms in total. The Hall–Kier alpha value is -1.69. The summed E-state index contributed by atoms with van der Waals surface area (Å²) in [6.45, 7) is 2.01. The molecule has 2 N–H and O–H groups in total. The number of hydrogen-bond acceptors (Lipinski definition) is 2. The van der Waals surface area contributed by atoms with Gasteiger partial charge < -0.3 is 0 Å². The fourth-order valence-corrected chi connectivity index (χ4v) is 3.74. The molecule has 2 aromatic carbocycles. The van der Waals surface area contributed by atoms with Gasteiger partial charge in [0, 0.05) is 0 Å². The Labute approximate surface area is 119 Å². The zero-order chi connectivity index (χ0) is 14.2. The fourth-order valence-electron chi connectivity index (χ4n) is 2.46. The molecule has 104 valence electrons. The van der Waals surface area contributed by atoms with E-state index in [2.05, 4.69) is 9.44 Å². The van der Waals surface area contributed by atoms with Gasteiger partial charge in [0.1, 0.15) is 0 Å². The van der Waals surface area contributed by atoms with Crippen molar-refractivity contribution < 1.29 is 8.42 Å². The monoisotopic (exact) mass is 288 g/mol. The van der Waals surface area contributed by atoms with Crippen molar-refractivity contribution >= 4 is 10.2 Å². The highest BCUT2D eigenvalue weighted by molar-refractivity contribution is 7.87. The molecule has 0 aliphatic carbocycles. The molecule has 1 fully saturated rings. The molecule has 1 aliphatic rings. The van der Waals surface area contributed by atoms with Crippen LogP contribution in [0.4, 0.5) is 0 Å². The Kier molecular flexibility index (Phi) is 3.33. The molecule has 0 spiro atoms. The molecule has 0 amide bonds.